The smallest absolute Gasteiger partial charge is 0.308 e. The Morgan fingerprint density at radius 3 is 2.68 bits per heavy atom. The number of ether oxygens (including phenoxy) is 1. The molecule has 6 heteroatoms. The lowest BCUT2D eigenvalue weighted by atomic mass is 9.85. The molecule has 0 aromatic carbocycles. The fourth-order valence-electron chi connectivity index (χ4n) is 2.74. The van der Waals surface area contributed by atoms with Crippen molar-refractivity contribution in [2.45, 2.75) is 32.1 Å². The van der Waals surface area contributed by atoms with Gasteiger partial charge < -0.3 is 15.2 Å². The van der Waals surface area contributed by atoms with E-state index in [0.717, 1.165) is 17.7 Å². The highest BCUT2D eigenvalue weighted by Gasteiger charge is 2.34. The van der Waals surface area contributed by atoms with Crippen molar-refractivity contribution < 1.29 is 19.4 Å². The maximum atomic E-state index is 12.5. The molecule has 1 aromatic rings. The predicted octanol–water partition coefficient (Wildman–Crippen LogP) is 2.27. The number of carboxylic acids is 1. The lowest BCUT2D eigenvalue weighted by molar-refractivity contribution is -0.145. The van der Waals surface area contributed by atoms with Crippen LogP contribution in [0.4, 0.5) is 0 Å². The lowest BCUT2D eigenvalue weighted by Gasteiger charge is -2.29. The van der Waals surface area contributed by atoms with Crippen LogP contribution in [0.15, 0.2) is 17.5 Å². The molecule has 2 N–H and O–H groups in total. The summed E-state index contributed by atoms with van der Waals surface area (Å²) in [6, 6.07) is 3.84. The summed E-state index contributed by atoms with van der Waals surface area (Å²) in [5.74, 6) is -1.46. The second-order valence-corrected chi connectivity index (χ2v) is 7.15. The minimum atomic E-state index is -0.846. The van der Waals surface area contributed by atoms with E-state index >= 15 is 0 Å². The molecule has 0 bridgehead atoms. The number of carboxylic acid groups (broad SMARTS) is 1. The van der Waals surface area contributed by atoms with Gasteiger partial charge in [-0.25, -0.2) is 0 Å². The Kier molecular flexibility index (Phi) is 5.58. The van der Waals surface area contributed by atoms with Gasteiger partial charge in [0.05, 0.1) is 11.3 Å². The molecular weight excluding hydrogens is 302 g/mol. The summed E-state index contributed by atoms with van der Waals surface area (Å²) in [5, 5.41) is 14.2. The fraction of sp³-hybridized carbons (Fsp3) is 0.625. The maximum Gasteiger partial charge on any atom is 0.308 e. The van der Waals surface area contributed by atoms with Crippen LogP contribution < -0.4 is 5.32 Å². The second kappa shape index (κ2) is 7.24. The van der Waals surface area contributed by atoms with Crippen LogP contribution in [-0.4, -0.2) is 36.7 Å². The highest BCUT2D eigenvalue weighted by Crippen LogP contribution is 2.28. The van der Waals surface area contributed by atoms with Crippen molar-refractivity contribution >= 4 is 23.2 Å². The van der Waals surface area contributed by atoms with Gasteiger partial charge in [0.25, 0.3) is 0 Å². The summed E-state index contributed by atoms with van der Waals surface area (Å²) >= 11 is 1.53. The number of hydrogen-bond acceptors (Lipinski definition) is 4. The van der Waals surface area contributed by atoms with Crippen molar-refractivity contribution in [3.8, 4) is 0 Å². The van der Waals surface area contributed by atoms with Crippen LogP contribution in [0.1, 0.15) is 31.6 Å². The molecule has 122 valence electrons. The topological polar surface area (TPSA) is 75.6 Å². The Morgan fingerprint density at radius 1 is 1.45 bits per heavy atom. The van der Waals surface area contributed by atoms with E-state index in [1.54, 1.807) is 0 Å². The summed E-state index contributed by atoms with van der Waals surface area (Å²) in [6.45, 7) is 5.09. The summed E-state index contributed by atoms with van der Waals surface area (Å²) in [5.41, 5.74) is -0.646. The number of carbonyl (C=O) groups is 2. The Morgan fingerprint density at radius 2 is 2.14 bits per heavy atom. The van der Waals surface area contributed by atoms with Crippen molar-refractivity contribution in [2.75, 3.05) is 19.8 Å². The Balaban J connectivity index is 1.97. The van der Waals surface area contributed by atoms with Crippen molar-refractivity contribution in [1.29, 1.82) is 0 Å². The van der Waals surface area contributed by atoms with Gasteiger partial charge in [0.15, 0.2) is 0 Å². The first-order valence-corrected chi connectivity index (χ1v) is 8.43. The van der Waals surface area contributed by atoms with E-state index in [9.17, 15) is 14.7 Å². The average Bonchev–Trinajstić information content (AvgIpc) is 3.03. The molecule has 1 aliphatic heterocycles. The van der Waals surface area contributed by atoms with E-state index < -0.39 is 17.3 Å². The van der Waals surface area contributed by atoms with Gasteiger partial charge in [-0.15, -0.1) is 11.3 Å². The van der Waals surface area contributed by atoms with E-state index in [2.05, 4.69) is 5.32 Å². The number of hydrogen-bond donors (Lipinski definition) is 2. The molecular formula is C16H23NO4S. The van der Waals surface area contributed by atoms with E-state index in [1.807, 2.05) is 31.4 Å². The van der Waals surface area contributed by atoms with Crippen LogP contribution >= 0.6 is 11.3 Å². The van der Waals surface area contributed by atoms with E-state index in [-0.39, 0.29) is 18.4 Å². The van der Waals surface area contributed by atoms with Crippen molar-refractivity contribution in [3.63, 3.8) is 0 Å². The zero-order valence-electron chi connectivity index (χ0n) is 13.0. The molecule has 1 unspecified atom stereocenters. The summed E-state index contributed by atoms with van der Waals surface area (Å²) in [6.07, 6.45) is 1.47. The Bertz CT molecular complexity index is 506. The van der Waals surface area contributed by atoms with Gasteiger partial charge in [-0.3, -0.25) is 9.59 Å². The fourth-order valence-corrected chi connectivity index (χ4v) is 3.59. The molecule has 1 aliphatic rings. The molecule has 5 nitrogen and oxygen atoms in total. The highest BCUT2D eigenvalue weighted by molar-refractivity contribution is 7.10. The van der Waals surface area contributed by atoms with Gasteiger partial charge >= 0.3 is 5.97 Å². The summed E-state index contributed by atoms with van der Waals surface area (Å²) < 4.78 is 5.28. The van der Waals surface area contributed by atoms with Gasteiger partial charge in [-0.1, -0.05) is 6.07 Å². The van der Waals surface area contributed by atoms with E-state index in [1.165, 1.54) is 11.3 Å². The molecule has 2 rings (SSSR count). The summed E-state index contributed by atoms with van der Waals surface area (Å²) in [4.78, 5) is 24.9. The SMILES string of the molecule is CC(C)(C(=O)NCC(C(=O)O)C1CCOCC1)c1cccs1. The molecule has 22 heavy (non-hydrogen) atoms. The first-order valence-electron chi connectivity index (χ1n) is 7.55. The molecule has 1 fully saturated rings. The first kappa shape index (κ1) is 17.0. The van der Waals surface area contributed by atoms with Crippen LogP contribution in [0.2, 0.25) is 0 Å². The van der Waals surface area contributed by atoms with Gasteiger partial charge in [0, 0.05) is 24.6 Å². The number of thiophene rings is 1. The van der Waals surface area contributed by atoms with Gasteiger partial charge in [0.1, 0.15) is 0 Å². The molecule has 2 heterocycles. The molecule has 0 aliphatic carbocycles. The maximum absolute atomic E-state index is 12.5. The number of amides is 1. The van der Waals surface area contributed by atoms with Crippen molar-refractivity contribution in [2.24, 2.45) is 11.8 Å². The number of aliphatic carboxylic acids is 1. The minimum Gasteiger partial charge on any atom is -0.481 e. The normalized spacial score (nSPS) is 17.9. The standard InChI is InChI=1S/C16H23NO4S/c1-16(2,13-4-3-9-22-13)15(20)17-10-12(14(18)19)11-5-7-21-8-6-11/h3-4,9,11-12H,5-8,10H2,1-2H3,(H,17,20)(H,18,19). The highest BCUT2D eigenvalue weighted by atomic mass is 32.1. The molecule has 1 aromatic heterocycles. The molecule has 0 radical (unpaired) electrons. The molecule has 1 atom stereocenters. The van der Waals surface area contributed by atoms with Gasteiger partial charge in [-0.05, 0) is 44.1 Å². The predicted molar refractivity (Wildman–Crippen MR) is 85.0 cm³/mol. The molecule has 1 saturated heterocycles. The monoisotopic (exact) mass is 325 g/mol. The average molecular weight is 325 g/mol. The number of rotatable bonds is 6. The second-order valence-electron chi connectivity index (χ2n) is 6.21. The third-order valence-electron chi connectivity index (χ3n) is 4.34. The number of nitrogens with one attached hydrogen (secondary N) is 1. The van der Waals surface area contributed by atoms with Crippen LogP contribution in [0.5, 0.6) is 0 Å². The van der Waals surface area contributed by atoms with Crippen molar-refractivity contribution in [1.82, 2.24) is 5.32 Å². The van der Waals surface area contributed by atoms with Gasteiger partial charge in [0.2, 0.25) is 5.91 Å². The van der Waals surface area contributed by atoms with E-state index in [4.69, 9.17) is 4.74 Å². The quantitative estimate of drug-likeness (QED) is 0.841. The zero-order valence-corrected chi connectivity index (χ0v) is 13.8. The summed E-state index contributed by atoms with van der Waals surface area (Å²) in [7, 11) is 0. The third-order valence-corrected chi connectivity index (χ3v) is 5.53. The Labute approximate surface area is 134 Å². The largest absolute Gasteiger partial charge is 0.481 e. The Hall–Kier alpha value is -1.40. The van der Waals surface area contributed by atoms with Crippen LogP contribution in [-0.2, 0) is 19.7 Å². The molecule has 1 amide bonds. The zero-order chi connectivity index (χ0) is 16.2. The first-order chi connectivity index (χ1) is 10.4. The van der Waals surface area contributed by atoms with Crippen molar-refractivity contribution in [3.05, 3.63) is 22.4 Å². The molecule has 0 spiro atoms. The number of carbonyl (C=O) groups excluding carboxylic acids is 1. The minimum absolute atomic E-state index is 0.0661. The van der Waals surface area contributed by atoms with Gasteiger partial charge in [-0.2, -0.15) is 0 Å². The third kappa shape index (κ3) is 3.87. The van der Waals surface area contributed by atoms with Crippen LogP contribution in [0, 0.1) is 11.8 Å². The van der Waals surface area contributed by atoms with Crippen LogP contribution in [0.3, 0.4) is 0 Å². The van der Waals surface area contributed by atoms with Crippen LogP contribution in [0.25, 0.3) is 0 Å². The lowest BCUT2D eigenvalue weighted by Crippen LogP contribution is -2.45. The molecule has 0 saturated carbocycles. The van der Waals surface area contributed by atoms with E-state index in [0.29, 0.717) is 13.2 Å².